The summed E-state index contributed by atoms with van der Waals surface area (Å²) in [4.78, 5) is 4.49. The van der Waals surface area contributed by atoms with Gasteiger partial charge in [-0.1, -0.05) is 43.1 Å². The van der Waals surface area contributed by atoms with E-state index in [0.717, 1.165) is 29.2 Å². The lowest BCUT2D eigenvalue weighted by molar-refractivity contribution is 0.649. The number of amidine groups is 1. The van der Waals surface area contributed by atoms with Gasteiger partial charge in [-0.15, -0.1) is 5.06 Å². The molecule has 3 nitrogen and oxygen atoms in total. The van der Waals surface area contributed by atoms with Gasteiger partial charge in [0, 0.05) is 11.4 Å². The fraction of sp³-hybridized carbons (Fsp3) is 0.235. The summed E-state index contributed by atoms with van der Waals surface area (Å²) in [5.74, 6) is 0.436. The quantitative estimate of drug-likeness (QED) is 0.336. The molecule has 0 fully saturated rings. The molecule has 0 saturated carbocycles. The van der Waals surface area contributed by atoms with Gasteiger partial charge in [-0.05, 0) is 36.4 Å². The molecule has 0 saturated heterocycles. The fourth-order valence-electron chi connectivity index (χ4n) is 1.90. The average molecular weight is 302 g/mol. The zero-order chi connectivity index (χ0) is 15.1. The molecular weight excluding hydrogens is 284 g/mol. The van der Waals surface area contributed by atoms with Crippen LogP contribution in [0.5, 0.6) is 0 Å². The van der Waals surface area contributed by atoms with Crippen LogP contribution >= 0.6 is 11.6 Å². The monoisotopic (exact) mass is 301 g/mol. The summed E-state index contributed by atoms with van der Waals surface area (Å²) >= 11 is 5.88. The van der Waals surface area contributed by atoms with Crippen molar-refractivity contribution in [3.63, 3.8) is 0 Å². The second kappa shape index (κ2) is 7.93. The Bertz CT molecular complexity index is 581. The van der Waals surface area contributed by atoms with Crippen molar-refractivity contribution in [1.82, 2.24) is 5.06 Å². The Balaban J connectivity index is 2.33. The number of halogens is 1. The molecule has 2 aromatic carbocycles. The van der Waals surface area contributed by atoms with Gasteiger partial charge in [0.05, 0.1) is 11.3 Å². The van der Waals surface area contributed by atoms with Crippen LogP contribution in [0.3, 0.4) is 0 Å². The summed E-state index contributed by atoms with van der Waals surface area (Å²) in [7, 11) is 0. The van der Waals surface area contributed by atoms with Crippen LogP contribution in [0, 0.1) is 5.21 Å². The van der Waals surface area contributed by atoms with E-state index in [-0.39, 0.29) is 0 Å². The minimum absolute atomic E-state index is 0.436. The van der Waals surface area contributed by atoms with Crippen molar-refractivity contribution >= 4 is 23.1 Å². The summed E-state index contributed by atoms with van der Waals surface area (Å²) in [5.41, 5.74) is 1.54. The Morgan fingerprint density at radius 3 is 2.38 bits per heavy atom. The van der Waals surface area contributed by atoms with Crippen molar-refractivity contribution in [2.24, 2.45) is 4.99 Å². The number of benzene rings is 2. The maximum absolute atomic E-state index is 12.3. The third kappa shape index (κ3) is 4.67. The molecule has 0 spiro atoms. The molecule has 2 rings (SSSR count). The normalized spacial score (nSPS) is 11.9. The first-order chi connectivity index (χ1) is 10.2. The van der Waals surface area contributed by atoms with Crippen molar-refractivity contribution < 1.29 is 0 Å². The van der Waals surface area contributed by atoms with Gasteiger partial charge in [-0.3, -0.25) is 0 Å². The zero-order valence-corrected chi connectivity index (χ0v) is 12.8. The summed E-state index contributed by atoms with van der Waals surface area (Å²) < 4.78 is 0. The summed E-state index contributed by atoms with van der Waals surface area (Å²) in [6.07, 6.45) is 1.82. The second-order valence-corrected chi connectivity index (χ2v) is 5.17. The van der Waals surface area contributed by atoms with Gasteiger partial charge in [0.1, 0.15) is 6.54 Å². The topological polar surface area (TPSA) is 41.3 Å². The van der Waals surface area contributed by atoms with Crippen molar-refractivity contribution in [2.45, 2.75) is 19.8 Å². The minimum Gasteiger partial charge on any atom is -0.575 e. The van der Waals surface area contributed by atoms with E-state index in [4.69, 9.17) is 11.6 Å². The third-order valence-corrected chi connectivity index (χ3v) is 3.30. The molecule has 0 aliphatic carbocycles. The SMILES string of the molecule is CCCC[N+]([O-])C(=Nc1ccc(Cl)cc1)c1ccccc1. The van der Waals surface area contributed by atoms with Crippen LogP contribution in [-0.4, -0.2) is 12.4 Å². The number of nitrogens with zero attached hydrogens (tertiary/aromatic N) is 2. The highest BCUT2D eigenvalue weighted by molar-refractivity contribution is 6.30. The lowest BCUT2D eigenvalue weighted by atomic mass is 10.2. The highest BCUT2D eigenvalue weighted by atomic mass is 35.5. The Morgan fingerprint density at radius 2 is 1.76 bits per heavy atom. The molecule has 0 bridgehead atoms. The molecule has 0 unspecified atom stereocenters. The Morgan fingerprint density at radius 1 is 1.10 bits per heavy atom. The maximum atomic E-state index is 12.3. The van der Waals surface area contributed by atoms with Crippen LogP contribution in [0.1, 0.15) is 25.3 Å². The highest BCUT2D eigenvalue weighted by Gasteiger charge is 2.17. The standard InChI is InChI=1S/C17H18ClN2O/c1-2-3-13-20(21)17(14-7-5-4-6-8-14)19-16-11-9-15(18)10-12-16/h4-12H,2-3,13H2,1H3. The highest BCUT2D eigenvalue weighted by Crippen LogP contribution is 2.18. The van der Waals surface area contributed by atoms with Crippen LogP contribution in [0.2, 0.25) is 5.02 Å². The van der Waals surface area contributed by atoms with Gasteiger partial charge in [-0.2, -0.15) is 4.99 Å². The fourth-order valence-corrected chi connectivity index (χ4v) is 2.02. The average Bonchev–Trinajstić information content (AvgIpc) is 2.53. The van der Waals surface area contributed by atoms with Crippen LogP contribution in [-0.2, 0) is 0 Å². The molecule has 0 amide bonds. The van der Waals surface area contributed by atoms with Crippen molar-refractivity contribution in [1.29, 1.82) is 0 Å². The largest absolute Gasteiger partial charge is 0.575 e. The molecule has 0 N–H and O–H groups in total. The lowest BCUT2D eigenvalue weighted by Crippen LogP contribution is -2.32. The van der Waals surface area contributed by atoms with Gasteiger partial charge >= 0.3 is 0 Å². The van der Waals surface area contributed by atoms with Crippen LogP contribution in [0.4, 0.5) is 5.69 Å². The van der Waals surface area contributed by atoms with Gasteiger partial charge < -0.3 is 5.21 Å². The molecule has 109 valence electrons. The van der Waals surface area contributed by atoms with E-state index in [1.54, 1.807) is 24.3 Å². The van der Waals surface area contributed by atoms with E-state index < -0.39 is 0 Å². The first kappa shape index (κ1) is 15.7. The molecule has 21 heavy (non-hydrogen) atoms. The molecule has 4 heteroatoms. The first-order valence-corrected chi connectivity index (χ1v) is 7.43. The van der Waals surface area contributed by atoms with Crippen LogP contribution in [0.25, 0.3) is 0 Å². The number of hydrogen-bond acceptors (Lipinski definition) is 2. The lowest BCUT2D eigenvalue weighted by Gasteiger charge is -2.15. The molecule has 0 atom stereocenters. The smallest absolute Gasteiger partial charge is 0.285 e. The predicted octanol–water partition coefficient (Wildman–Crippen LogP) is 4.86. The molecule has 0 aliphatic rings. The predicted molar refractivity (Wildman–Crippen MR) is 89.4 cm³/mol. The molecule has 0 aromatic heterocycles. The Labute approximate surface area is 130 Å². The maximum Gasteiger partial charge on any atom is 0.285 e. The van der Waals surface area contributed by atoms with E-state index >= 15 is 0 Å². The number of rotatable bonds is 5. The first-order valence-electron chi connectivity index (χ1n) is 7.05. The van der Waals surface area contributed by atoms with Gasteiger partial charge in [0.2, 0.25) is 0 Å². The second-order valence-electron chi connectivity index (χ2n) is 4.73. The summed E-state index contributed by atoms with van der Waals surface area (Å²) in [6.45, 7) is 2.50. The number of hydroxylamine groups is 2. The van der Waals surface area contributed by atoms with E-state index in [2.05, 4.69) is 11.9 Å². The summed E-state index contributed by atoms with van der Waals surface area (Å²) in [6, 6.07) is 16.7. The van der Waals surface area contributed by atoms with Gasteiger partial charge in [-0.25, -0.2) is 0 Å². The van der Waals surface area contributed by atoms with E-state index in [1.807, 2.05) is 30.3 Å². The van der Waals surface area contributed by atoms with Crippen molar-refractivity contribution in [3.05, 3.63) is 70.4 Å². The minimum atomic E-state index is 0.436. The molecule has 0 heterocycles. The Kier molecular flexibility index (Phi) is 5.93. The van der Waals surface area contributed by atoms with E-state index in [9.17, 15) is 5.21 Å². The summed E-state index contributed by atoms with van der Waals surface area (Å²) in [5, 5.41) is 14.0. The van der Waals surface area contributed by atoms with Crippen LogP contribution < -0.4 is 5.06 Å². The Hall–Kier alpha value is -1.68. The molecule has 2 aromatic rings. The molecule has 0 aliphatic heterocycles. The van der Waals surface area contributed by atoms with E-state index in [1.165, 1.54) is 0 Å². The number of unbranched alkanes of at least 4 members (excludes halogenated alkanes) is 1. The van der Waals surface area contributed by atoms with Gasteiger partial charge in [0.15, 0.2) is 0 Å². The zero-order valence-electron chi connectivity index (χ0n) is 12.0. The third-order valence-electron chi connectivity index (χ3n) is 3.04. The number of hydrogen-bond donors (Lipinski definition) is 0. The number of aliphatic imine (C=N–C) groups is 1. The van der Waals surface area contributed by atoms with Crippen molar-refractivity contribution in [3.8, 4) is 0 Å². The molecule has 1 radical (unpaired) electrons. The molecular formula is C17H18ClN2O. The van der Waals surface area contributed by atoms with Gasteiger partial charge in [0.25, 0.3) is 5.84 Å². The van der Waals surface area contributed by atoms with E-state index in [0.29, 0.717) is 17.4 Å². The van der Waals surface area contributed by atoms with Crippen LogP contribution in [0.15, 0.2) is 59.6 Å². The van der Waals surface area contributed by atoms with Crippen molar-refractivity contribution in [2.75, 3.05) is 6.54 Å².